The SMILES string of the molecule is Nc1nc(O)c2ncn([C@@H]3O[C@@H]4COP(=O)(O)O[C@@H]5[C@@H](F)[C@@H](COP(=O)(O)O[C@H]4[C@H]3F)O[C@H]5n3cnc4c(N)ncnc43)c2n1. The smallest absolute Gasteiger partial charge is 0.472 e. The number of imidazole rings is 2. The lowest BCUT2D eigenvalue weighted by molar-refractivity contribution is -0.0669. The van der Waals surface area contributed by atoms with Gasteiger partial charge in [0.05, 0.1) is 25.9 Å². The van der Waals surface area contributed by atoms with E-state index in [9.17, 15) is 24.0 Å². The average Bonchev–Trinajstić information content (AvgIpc) is 3.72. The number of hydrogen-bond acceptors (Lipinski definition) is 17. The van der Waals surface area contributed by atoms with Crippen LogP contribution in [0.25, 0.3) is 22.3 Å². The summed E-state index contributed by atoms with van der Waals surface area (Å²) in [7, 11) is -10.4. The molecule has 25 heteroatoms. The standard InChI is InChI=1S/C20H22F2N10O11P2/c21-8-6-1-38-44(34,35)42-12-7(41-18(9(12)22)32-5-28-11-16(32)29-20(24)30-17(11)33)2-39-45(36,37)43-13(8)19(40-6)31-4-27-10-14(23)25-3-26-15(10)31/h3-9,12-13,18-19H,1-2H2,(H,34,35)(H,36,37)(H2,23,25,26)(H3,24,29,30,33)/t6-,7-,8+,9-,12-,13-,18-,19-/m1/s1. The molecule has 7 N–H and O–H groups in total. The number of nitrogen functional groups attached to an aromatic ring is 2. The highest BCUT2D eigenvalue weighted by Gasteiger charge is 2.55. The first kappa shape index (κ1) is 30.2. The molecule has 0 spiro atoms. The fourth-order valence-electron chi connectivity index (χ4n) is 5.21. The summed E-state index contributed by atoms with van der Waals surface area (Å²) >= 11 is 0. The largest absolute Gasteiger partial charge is 0.492 e. The van der Waals surface area contributed by atoms with Crippen molar-refractivity contribution in [3.05, 3.63) is 19.0 Å². The molecule has 4 aromatic rings. The molecule has 0 radical (unpaired) electrons. The van der Waals surface area contributed by atoms with E-state index in [2.05, 4.69) is 29.9 Å². The summed E-state index contributed by atoms with van der Waals surface area (Å²) in [6.45, 7) is -1.92. The van der Waals surface area contributed by atoms with Gasteiger partial charge in [-0.15, -0.1) is 0 Å². The molecule has 3 fully saturated rings. The van der Waals surface area contributed by atoms with Crippen molar-refractivity contribution in [2.45, 2.75) is 49.2 Å². The fraction of sp³-hybridized carbons (Fsp3) is 0.500. The third kappa shape index (κ3) is 5.29. The van der Waals surface area contributed by atoms with Crippen LogP contribution < -0.4 is 11.5 Å². The third-order valence-electron chi connectivity index (χ3n) is 7.20. The van der Waals surface area contributed by atoms with Crippen LogP contribution in [0.5, 0.6) is 5.88 Å². The molecule has 2 unspecified atom stereocenters. The summed E-state index contributed by atoms with van der Waals surface area (Å²) in [6, 6.07) is 0. The Kier molecular flexibility index (Phi) is 7.24. The second-order valence-electron chi connectivity index (χ2n) is 10.0. The van der Waals surface area contributed by atoms with E-state index in [4.69, 9.17) is 39.0 Å². The number of aromatic hydroxyl groups is 1. The predicted molar refractivity (Wildman–Crippen MR) is 140 cm³/mol. The maximum atomic E-state index is 15.9. The highest BCUT2D eigenvalue weighted by molar-refractivity contribution is 7.47. The maximum Gasteiger partial charge on any atom is 0.472 e. The normalized spacial score (nSPS) is 37.7. The zero-order valence-electron chi connectivity index (χ0n) is 22.3. The number of phosphoric acid groups is 2. The first-order valence-electron chi connectivity index (χ1n) is 12.8. The van der Waals surface area contributed by atoms with Gasteiger partial charge in [-0.05, 0) is 0 Å². The van der Waals surface area contributed by atoms with Crippen molar-refractivity contribution in [2.75, 3.05) is 24.7 Å². The van der Waals surface area contributed by atoms with Crippen molar-refractivity contribution in [1.82, 2.24) is 39.0 Å². The van der Waals surface area contributed by atoms with Crippen molar-refractivity contribution in [1.29, 1.82) is 0 Å². The second-order valence-corrected chi connectivity index (χ2v) is 12.8. The van der Waals surface area contributed by atoms with Gasteiger partial charge in [0.25, 0.3) is 0 Å². The van der Waals surface area contributed by atoms with Crippen LogP contribution in [-0.4, -0.2) is 104 Å². The molecule has 10 atom stereocenters. The van der Waals surface area contributed by atoms with E-state index in [-0.39, 0.29) is 34.1 Å². The Bertz CT molecular complexity index is 1880. The van der Waals surface area contributed by atoms with E-state index in [1.807, 2.05) is 0 Å². The minimum atomic E-state index is -5.21. The number of anilines is 2. The summed E-state index contributed by atoms with van der Waals surface area (Å²) in [4.78, 5) is 44.4. The van der Waals surface area contributed by atoms with E-state index in [1.165, 1.54) is 0 Å². The Hall–Kier alpha value is -3.50. The predicted octanol–water partition coefficient (Wildman–Crippen LogP) is 0.0252. The third-order valence-corrected chi connectivity index (χ3v) is 9.17. The molecule has 7 rings (SSSR count). The van der Waals surface area contributed by atoms with Gasteiger partial charge in [0.1, 0.15) is 36.3 Å². The Morgan fingerprint density at radius 3 is 2.16 bits per heavy atom. The van der Waals surface area contributed by atoms with E-state index < -0.39 is 84.0 Å². The zero-order valence-corrected chi connectivity index (χ0v) is 24.0. The Morgan fingerprint density at radius 1 is 0.800 bits per heavy atom. The minimum absolute atomic E-state index is 0.0189. The summed E-state index contributed by atoms with van der Waals surface area (Å²) < 4.78 is 91.4. The van der Waals surface area contributed by atoms with Crippen LogP contribution in [0.3, 0.4) is 0 Å². The maximum absolute atomic E-state index is 15.9. The molecule has 45 heavy (non-hydrogen) atoms. The van der Waals surface area contributed by atoms with Crippen LogP contribution in [0.1, 0.15) is 12.5 Å². The number of rotatable bonds is 2. The van der Waals surface area contributed by atoms with Crippen LogP contribution in [-0.2, 0) is 36.7 Å². The van der Waals surface area contributed by atoms with Crippen LogP contribution in [0.15, 0.2) is 19.0 Å². The lowest BCUT2D eigenvalue weighted by atomic mass is 10.1. The van der Waals surface area contributed by atoms with Gasteiger partial charge in [-0.3, -0.25) is 27.2 Å². The van der Waals surface area contributed by atoms with Gasteiger partial charge in [0, 0.05) is 0 Å². The van der Waals surface area contributed by atoms with Gasteiger partial charge in [-0.25, -0.2) is 37.8 Å². The number of nitrogens with two attached hydrogens (primary N) is 2. The van der Waals surface area contributed by atoms with E-state index in [0.717, 1.165) is 28.1 Å². The lowest BCUT2D eigenvalue weighted by Gasteiger charge is -2.25. The number of fused-ring (bicyclic) bond motifs is 5. The summed E-state index contributed by atoms with van der Waals surface area (Å²) in [5.74, 6) is -1.02. The Labute approximate surface area is 248 Å². The number of hydrogen-bond donors (Lipinski definition) is 5. The molecule has 0 saturated carbocycles. The van der Waals surface area contributed by atoms with Crippen molar-refractivity contribution in [2.24, 2.45) is 0 Å². The molecule has 2 bridgehead atoms. The highest BCUT2D eigenvalue weighted by atomic mass is 31.2. The molecule has 7 heterocycles. The molecule has 4 aromatic heterocycles. The average molecular weight is 678 g/mol. The molecule has 3 aliphatic rings. The number of phosphoric ester groups is 2. The van der Waals surface area contributed by atoms with E-state index in [1.54, 1.807) is 0 Å². The van der Waals surface area contributed by atoms with Gasteiger partial charge >= 0.3 is 15.6 Å². The number of halogens is 2. The fourth-order valence-corrected chi connectivity index (χ4v) is 7.09. The van der Waals surface area contributed by atoms with Crippen LogP contribution in [0.4, 0.5) is 20.5 Å². The summed E-state index contributed by atoms with van der Waals surface area (Å²) in [5, 5.41) is 10.0. The monoisotopic (exact) mass is 678 g/mol. The minimum Gasteiger partial charge on any atom is -0.492 e. The molecular formula is C20H22F2N10O11P2. The van der Waals surface area contributed by atoms with Gasteiger partial charge < -0.3 is 35.8 Å². The lowest BCUT2D eigenvalue weighted by Crippen LogP contribution is -2.34. The molecule has 3 aliphatic heterocycles. The number of nitrogens with zero attached hydrogens (tertiary/aromatic N) is 8. The number of alkyl halides is 2. The molecule has 242 valence electrons. The topological polar surface area (TPSA) is 289 Å². The first-order chi connectivity index (χ1) is 21.3. The van der Waals surface area contributed by atoms with Gasteiger partial charge in [0.2, 0.25) is 11.8 Å². The zero-order chi connectivity index (χ0) is 31.8. The van der Waals surface area contributed by atoms with Gasteiger partial charge in [0.15, 0.2) is 47.4 Å². The second kappa shape index (κ2) is 10.8. The van der Waals surface area contributed by atoms with Crippen molar-refractivity contribution in [3.8, 4) is 5.88 Å². The van der Waals surface area contributed by atoms with Crippen molar-refractivity contribution in [3.63, 3.8) is 0 Å². The van der Waals surface area contributed by atoms with Crippen molar-refractivity contribution < 1.29 is 60.4 Å². The van der Waals surface area contributed by atoms with E-state index >= 15 is 8.78 Å². The molecule has 3 saturated heterocycles. The quantitative estimate of drug-likeness (QED) is 0.175. The van der Waals surface area contributed by atoms with Crippen molar-refractivity contribution >= 4 is 49.7 Å². The van der Waals surface area contributed by atoms with Gasteiger partial charge in [-0.2, -0.15) is 9.97 Å². The molecule has 0 amide bonds. The number of ether oxygens (including phenoxy) is 2. The van der Waals surface area contributed by atoms with Crippen LogP contribution in [0.2, 0.25) is 0 Å². The van der Waals surface area contributed by atoms with Crippen LogP contribution in [0, 0.1) is 0 Å². The first-order valence-corrected chi connectivity index (χ1v) is 15.8. The van der Waals surface area contributed by atoms with Crippen LogP contribution >= 0.6 is 15.6 Å². The summed E-state index contributed by atoms with van der Waals surface area (Å²) in [5.41, 5.74) is 11.2. The van der Waals surface area contributed by atoms with E-state index in [0.29, 0.717) is 0 Å². The summed E-state index contributed by atoms with van der Waals surface area (Å²) in [6.07, 6.45) is -11.7. The molecule has 0 aliphatic carbocycles. The Balaban J connectivity index is 1.20. The molecular weight excluding hydrogens is 656 g/mol. The molecule has 21 nitrogen and oxygen atoms in total. The number of aromatic nitrogens is 8. The van der Waals surface area contributed by atoms with Gasteiger partial charge in [-0.1, -0.05) is 0 Å². The molecule has 0 aromatic carbocycles. The Morgan fingerprint density at radius 2 is 1.42 bits per heavy atom. The highest BCUT2D eigenvalue weighted by Crippen LogP contribution is 2.54.